The van der Waals surface area contributed by atoms with E-state index in [1.165, 1.54) is 31.3 Å². The third kappa shape index (κ3) is 5.53. The number of phenols is 1. The van der Waals surface area contributed by atoms with Crippen LogP contribution in [-0.2, 0) is 4.79 Å². The largest absolute Gasteiger partial charge is 0.508 e. The van der Waals surface area contributed by atoms with Gasteiger partial charge >= 0.3 is 0 Å². The summed E-state index contributed by atoms with van der Waals surface area (Å²) in [6.07, 6.45) is 3.78. The zero-order valence-electron chi connectivity index (χ0n) is 19.7. The molecular weight excluding hydrogens is 525 g/mol. The first-order valence-electron chi connectivity index (χ1n) is 11.3. The molecule has 2 N–H and O–H groups in total. The number of ether oxygens (including phenoxy) is 2. The molecule has 1 heterocycles. The van der Waals surface area contributed by atoms with Crippen LogP contribution in [0.5, 0.6) is 17.2 Å². The molecule has 0 spiro atoms. The highest BCUT2D eigenvalue weighted by atomic mass is 35.5. The summed E-state index contributed by atoms with van der Waals surface area (Å²) >= 11 is 13.3. The van der Waals surface area contributed by atoms with Crippen molar-refractivity contribution in [2.45, 2.75) is 37.8 Å². The topological polar surface area (TPSA) is 101 Å². The first kappa shape index (κ1) is 26.1. The van der Waals surface area contributed by atoms with Crippen LogP contribution in [0.1, 0.15) is 47.8 Å². The molecule has 2 amide bonds. The van der Waals surface area contributed by atoms with E-state index in [1.807, 2.05) is 0 Å². The number of carbonyl (C=O) groups excluding carboxylic acids is 2. The van der Waals surface area contributed by atoms with Crippen molar-refractivity contribution in [3.63, 3.8) is 0 Å². The van der Waals surface area contributed by atoms with Gasteiger partial charge in [-0.05, 0) is 42.1 Å². The molecule has 0 unspecified atom stereocenters. The van der Waals surface area contributed by atoms with E-state index in [-0.39, 0.29) is 32.8 Å². The Morgan fingerprint density at radius 3 is 2.22 bits per heavy atom. The molecule has 2 aromatic carbocycles. The van der Waals surface area contributed by atoms with Gasteiger partial charge in [-0.15, -0.1) is 0 Å². The van der Waals surface area contributed by atoms with Crippen LogP contribution in [0, 0.1) is 0 Å². The first-order chi connectivity index (χ1) is 17.3. The fourth-order valence-corrected chi connectivity index (χ4v) is 5.23. The van der Waals surface area contributed by atoms with Gasteiger partial charge in [0.25, 0.3) is 5.91 Å². The molecule has 0 aliphatic heterocycles. The van der Waals surface area contributed by atoms with Crippen LogP contribution in [0.4, 0.5) is 5.69 Å². The smallest absolute Gasteiger partial charge is 0.280 e. The number of aromatic nitrogens is 1. The number of aromatic hydroxyl groups is 1. The number of carbonyl (C=O) groups is 2. The molecule has 1 aliphatic carbocycles. The third-order valence-electron chi connectivity index (χ3n) is 6.05. The van der Waals surface area contributed by atoms with E-state index in [9.17, 15) is 14.7 Å². The SMILES string of the molecule is COc1cc(OC)cc(N(C(=O)c2nsc(Cl)c2Cl)[C@@H](C(=O)NC2CCCC2)c2ccc(O)cc2)c1. The second kappa shape index (κ2) is 11.4. The van der Waals surface area contributed by atoms with Gasteiger partial charge < -0.3 is 19.9 Å². The van der Waals surface area contributed by atoms with Gasteiger partial charge in [-0.3, -0.25) is 14.5 Å². The minimum Gasteiger partial charge on any atom is -0.508 e. The predicted octanol–water partition coefficient (Wildman–Crippen LogP) is 5.62. The minimum atomic E-state index is -1.12. The number of benzene rings is 2. The number of methoxy groups -OCH3 is 2. The van der Waals surface area contributed by atoms with Crippen molar-refractivity contribution >= 4 is 52.2 Å². The number of rotatable bonds is 8. The van der Waals surface area contributed by atoms with Gasteiger partial charge in [-0.2, -0.15) is 4.37 Å². The maximum atomic E-state index is 14.0. The van der Waals surface area contributed by atoms with E-state index in [0.717, 1.165) is 37.2 Å². The molecule has 8 nitrogen and oxygen atoms in total. The van der Waals surface area contributed by atoms with Gasteiger partial charge in [0.05, 0.1) is 19.9 Å². The summed E-state index contributed by atoms with van der Waals surface area (Å²) in [6, 6.07) is 9.92. The molecular formula is C25H25Cl2N3O5S. The zero-order chi connectivity index (χ0) is 25.8. The molecule has 0 radical (unpaired) electrons. The molecule has 190 valence electrons. The van der Waals surface area contributed by atoms with Crippen LogP contribution in [0.15, 0.2) is 42.5 Å². The standard InChI is InChI=1S/C25H25Cl2N3O5S/c1-34-18-11-16(12-19(13-18)35-2)30(25(33)21-20(26)23(27)36-29-21)22(14-7-9-17(31)10-8-14)24(32)28-15-5-3-4-6-15/h7-13,15,22,31H,3-6H2,1-2H3,(H,28,32)/t22-/m1/s1. The molecule has 1 atom stereocenters. The van der Waals surface area contributed by atoms with E-state index in [0.29, 0.717) is 22.7 Å². The van der Waals surface area contributed by atoms with Crippen LogP contribution in [0.3, 0.4) is 0 Å². The second-order valence-electron chi connectivity index (χ2n) is 8.35. The summed E-state index contributed by atoms with van der Waals surface area (Å²) in [5, 5.41) is 13.0. The van der Waals surface area contributed by atoms with Crippen LogP contribution in [-0.4, -0.2) is 41.6 Å². The number of hydrogen-bond donors (Lipinski definition) is 2. The lowest BCUT2D eigenvalue weighted by molar-refractivity contribution is -0.123. The maximum absolute atomic E-state index is 14.0. The van der Waals surface area contributed by atoms with Gasteiger partial charge in [0.1, 0.15) is 32.6 Å². The fraction of sp³-hybridized carbons (Fsp3) is 0.320. The first-order valence-corrected chi connectivity index (χ1v) is 12.8. The molecule has 1 fully saturated rings. The van der Waals surface area contributed by atoms with Crippen molar-refractivity contribution in [2.75, 3.05) is 19.1 Å². The van der Waals surface area contributed by atoms with Crippen molar-refractivity contribution in [3.05, 3.63) is 63.1 Å². The second-order valence-corrected chi connectivity index (χ2v) is 10.1. The fourth-order valence-electron chi connectivity index (χ4n) is 4.25. The molecule has 11 heteroatoms. The molecule has 1 aromatic heterocycles. The number of halogens is 2. The highest BCUT2D eigenvalue weighted by Crippen LogP contribution is 2.38. The lowest BCUT2D eigenvalue weighted by atomic mass is 10.0. The summed E-state index contributed by atoms with van der Waals surface area (Å²) in [5.74, 6) is -0.127. The lowest BCUT2D eigenvalue weighted by Gasteiger charge is -2.32. The predicted molar refractivity (Wildman–Crippen MR) is 140 cm³/mol. The quantitative estimate of drug-likeness (QED) is 0.378. The number of nitrogens with zero attached hydrogens (tertiary/aromatic N) is 2. The van der Waals surface area contributed by atoms with E-state index >= 15 is 0 Å². The Kier molecular flexibility index (Phi) is 8.23. The molecule has 1 aliphatic rings. The van der Waals surface area contributed by atoms with Crippen LogP contribution < -0.4 is 19.7 Å². The highest BCUT2D eigenvalue weighted by molar-refractivity contribution is 7.11. The Bertz CT molecular complexity index is 1220. The van der Waals surface area contributed by atoms with Gasteiger partial charge in [-0.25, -0.2) is 0 Å². The monoisotopic (exact) mass is 549 g/mol. The van der Waals surface area contributed by atoms with Crippen molar-refractivity contribution in [3.8, 4) is 17.2 Å². The summed E-state index contributed by atoms with van der Waals surface area (Å²) in [4.78, 5) is 29.1. The number of phenolic OH excluding ortho intramolecular Hbond substituents is 1. The number of anilines is 1. The molecule has 0 saturated heterocycles. The summed E-state index contributed by atoms with van der Waals surface area (Å²) < 4.78 is 15.2. The number of amides is 2. The molecule has 1 saturated carbocycles. The summed E-state index contributed by atoms with van der Waals surface area (Å²) in [7, 11) is 2.98. The highest BCUT2D eigenvalue weighted by Gasteiger charge is 2.37. The van der Waals surface area contributed by atoms with Gasteiger partial charge in [0.15, 0.2) is 5.69 Å². The van der Waals surface area contributed by atoms with Crippen molar-refractivity contribution in [1.82, 2.24) is 9.69 Å². The Morgan fingerprint density at radius 2 is 1.69 bits per heavy atom. The Morgan fingerprint density at radius 1 is 1.08 bits per heavy atom. The van der Waals surface area contributed by atoms with E-state index in [1.54, 1.807) is 30.3 Å². The zero-order valence-corrected chi connectivity index (χ0v) is 22.0. The average molecular weight is 550 g/mol. The average Bonchev–Trinajstić information content (AvgIpc) is 3.51. The third-order valence-corrected chi connectivity index (χ3v) is 7.66. The molecule has 4 rings (SSSR count). The van der Waals surface area contributed by atoms with Crippen molar-refractivity contribution in [2.24, 2.45) is 0 Å². The van der Waals surface area contributed by atoms with Gasteiger partial charge in [-0.1, -0.05) is 48.2 Å². The van der Waals surface area contributed by atoms with E-state index < -0.39 is 11.9 Å². The van der Waals surface area contributed by atoms with Crippen LogP contribution >= 0.6 is 34.7 Å². The van der Waals surface area contributed by atoms with Crippen LogP contribution in [0.2, 0.25) is 9.36 Å². The van der Waals surface area contributed by atoms with Crippen molar-refractivity contribution < 1.29 is 24.2 Å². The Hall–Kier alpha value is -3.01. The Labute approximate surface area is 222 Å². The lowest BCUT2D eigenvalue weighted by Crippen LogP contribution is -2.46. The molecule has 36 heavy (non-hydrogen) atoms. The minimum absolute atomic E-state index is 0.00576. The van der Waals surface area contributed by atoms with E-state index in [4.69, 9.17) is 32.7 Å². The van der Waals surface area contributed by atoms with Crippen molar-refractivity contribution in [1.29, 1.82) is 0 Å². The van der Waals surface area contributed by atoms with E-state index in [2.05, 4.69) is 9.69 Å². The van der Waals surface area contributed by atoms with Gasteiger partial charge in [0, 0.05) is 24.2 Å². The summed E-state index contributed by atoms with van der Waals surface area (Å²) in [5.41, 5.74) is 0.734. The van der Waals surface area contributed by atoms with Gasteiger partial charge in [0.2, 0.25) is 5.91 Å². The number of hydrogen-bond acceptors (Lipinski definition) is 7. The van der Waals surface area contributed by atoms with Crippen LogP contribution in [0.25, 0.3) is 0 Å². The Balaban J connectivity index is 1.89. The molecule has 3 aromatic rings. The molecule has 0 bridgehead atoms. The normalized spacial score (nSPS) is 14.3. The number of nitrogens with one attached hydrogen (secondary N) is 1. The maximum Gasteiger partial charge on any atom is 0.280 e. The summed E-state index contributed by atoms with van der Waals surface area (Å²) in [6.45, 7) is 0.